The summed E-state index contributed by atoms with van der Waals surface area (Å²) in [5, 5.41) is 0. The average Bonchev–Trinajstić information content (AvgIpc) is 2.61. The predicted molar refractivity (Wildman–Crippen MR) is 43.1 cm³/mol. The molecule has 1 aliphatic heterocycles. The number of unbranched alkanes of at least 4 members (excludes halogenated alkanes) is 1. The first kappa shape index (κ1) is 9.55. The molecule has 0 amide bonds. The SMILES string of the molecule is CCCCC1(C(N)(Cl)Cl)OO1. The molecule has 2 N–H and O–H groups in total. The van der Waals surface area contributed by atoms with E-state index in [0.717, 1.165) is 12.8 Å². The van der Waals surface area contributed by atoms with Crippen molar-refractivity contribution in [2.45, 2.75) is 36.4 Å². The predicted octanol–water partition coefficient (Wildman–Crippen LogP) is 1.92. The Kier molecular flexibility index (Phi) is 2.67. The van der Waals surface area contributed by atoms with E-state index in [1.54, 1.807) is 0 Å². The fourth-order valence-corrected chi connectivity index (χ4v) is 1.14. The lowest BCUT2D eigenvalue weighted by Crippen LogP contribution is -2.43. The van der Waals surface area contributed by atoms with Gasteiger partial charge in [-0.25, -0.2) is 0 Å². The molecule has 0 aromatic heterocycles. The minimum absolute atomic E-state index is 0.632. The summed E-state index contributed by atoms with van der Waals surface area (Å²) in [5.74, 6) is -0.952. The van der Waals surface area contributed by atoms with Crippen molar-refractivity contribution in [1.82, 2.24) is 0 Å². The number of rotatable bonds is 4. The second kappa shape index (κ2) is 3.07. The smallest absolute Gasteiger partial charge is 0.279 e. The van der Waals surface area contributed by atoms with Crippen molar-refractivity contribution in [3.05, 3.63) is 0 Å². The number of alkyl halides is 2. The fraction of sp³-hybridized carbons (Fsp3) is 1.00. The lowest BCUT2D eigenvalue weighted by molar-refractivity contribution is 0.0850. The van der Waals surface area contributed by atoms with Crippen LogP contribution in [0.4, 0.5) is 0 Å². The number of hydrogen-bond acceptors (Lipinski definition) is 3. The van der Waals surface area contributed by atoms with Crippen molar-refractivity contribution in [1.29, 1.82) is 0 Å². The average molecular weight is 200 g/mol. The molecule has 0 spiro atoms. The lowest BCUT2D eigenvalue weighted by atomic mass is 10.1. The van der Waals surface area contributed by atoms with Crippen LogP contribution in [0.25, 0.3) is 0 Å². The second-order valence-electron chi connectivity index (χ2n) is 2.65. The van der Waals surface area contributed by atoms with E-state index >= 15 is 0 Å². The molecule has 66 valence electrons. The van der Waals surface area contributed by atoms with E-state index < -0.39 is 10.2 Å². The van der Waals surface area contributed by atoms with Gasteiger partial charge in [0.2, 0.25) is 4.46 Å². The van der Waals surface area contributed by atoms with Crippen LogP contribution in [0.1, 0.15) is 26.2 Å². The van der Waals surface area contributed by atoms with Crippen molar-refractivity contribution in [3.8, 4) is 0 Å². The van der Waals surface area contributed by atoms with Gasteiger partial charge >= 0.3 is 0 Å². The number of nitrogens with two attached hydrogens (primary N) is 1. The normalized spacial score (nSPS) is 21.8. The van der Waals surface area contributed by atoms with Crippen molar-refractivity contribution < 1.29 is 9.78 Å². The molecule has 1 rings (SSSR count). The Morgan fingerprint density at radius 1 is 1.45 bits per heavy atom. The van der Waals surface area contributed by atoms with Crippen LogP contribution in [0.3, 0.4) is 0 Å². The van der Waals surface area contributed by atoms with Gasteiger partial charge in [0.15, 0.2) is 0 Å². The van der Waals surface area contributed by atoms with Crippen molar-refractivity contribution >= 4 is 23.2 Å². The van der Waals surface area contributed by atoms with E-state index in [9.17, 15) is 0 Å². The van der Waals surface area contributed by atoms with Gasteiger partial charge in [-0.15, -0.1) is 0 Å². The highest BCUT2D eigenvalue weighted by Gasteiger charge is 2.62. The van der Waals surface area contributed by atoms with Crippen LogP contribution in [0.5, 0.6) is 0 Å². The summed E-state index contributed by atoms with van der Waals surface area (Å²) in [6.07, 6.45) is 2.59. The van der Waals surface area contributed by atoms with Gasteiger partial charge in [0.25, 0.3) is 5.79 Å². The molecule has 0 bridgehead atoms. The minimum atomic E-state index is -1.44. The third-order valence-electron chi connectivity index (χ3n) is 1.65. The molecule has 1 aliphatic rings. The van der Waals surface area contributed by atoms with Gasteiger partial charge in [-0.3, -0.25) is 5.73 Å². The molecule has 0 unspecified atom stereocenters. The van der Waals surface area contributed by atoms with Crippen LogP contribution >= 0.6 is 23.2 Å². The molecule has 3 nitrogen and oxygen atoms in total. The van der Waals surface area contributed by atoms with Crippen LogP contribution in [0.15, 0.2) is 0 Å². The molecule has 1 saturated heterocycles. The Morgan fingerprint density at radius 2 is 2.00 bits per heavy atom. The zero-order valence-corrected chi connectivity index (χ0v) is 7.78. The summed E-state index contributed by atoms with van der Waals surface area (Å²) >= 11 is 11.2. The summed E-state index contributed by atoms with van der Waals surface area (Å²) in [6, 6.07) is 0. The molecule has 0 aromatic carbocycles. The molecule has 0 aromatic rings. The molecular weight excluding hydrogens is 189 g/mol. The molecule has 0 saturated carbocycles. The van der Waals surface area contributed by atoms with Crippen molar-refractivity contribution in [3.63, 3.8) is 0 Å². The second-order valence-corrected chi connectivity index (χ2v) is 4.03. The first-order chi connectivity index (χ1) is 5.02. The number of halogens is 2. The van der Waals surface area contributed by atoms with E-state index in [0.29, 0.717) is 6.42 Å². The summed E-state index contributed by atoms with van der Waals surface area (Å²) in [7, 11) is 0. The molecule has 5 heteroatoms. The molecule has 1 heterocycles. The first-order valence-corrected chi connectivity index (χ1v) is 4.31. The van der Waals surface area contributed by atoms with Crippen LogP contribution in [0, 0.1) is 0 Å². The molecule has 0 atom stereocenters. The Labute approximate surface area is 75.7 Å². The van der Waals surface area contributed by atoms with Crippen LogP contribution < -0.4 is 5.73 Å². The molecular formula is C6H11Cl2NO2. The standard InChI is InChI=1S/C6H11Cl2NO2/c1-2-3-4-5(10-11-5)6(7,8)9/h2-4,9H2,1H3. The topological polar surface area (TPSA) is 51.1 Å². The van der Waals surface area contributed by atoms with Gasteiger partial charge in [-0.05, 0) is 6.42 Å². The van der Waals surface area contributed by atoms with Gasteiger partial charge in [-0.2, -0.15) is 9.78 Å². The monoisotopic (exact) mass is 199 g/mol. The van der Waals surface area contributed by atoms with E-state index in [1.165, 1.54) is 0 Å². The number of hydrogen-bond donors (Lipinski definition) is 1. The summed E-state index contributed by atoms with van der Waals surface area (Å²) in [4.78, 5) is 9.35. The summed E-state index contributed by atoms with van der Waals surface area (Å²) in [5.41, 5.74) is 5.40. The molecule has 0 aliphatic carbocycles. The highest BCUT2D eigenvalue weighted by atomic mass is 35.5. The maximum atomic E-state index is 5.62. The largest absolute Gasteiger partial charge is 0.295 e. The quantitative estimate of drug-likeness (QED) is 0.326. The Morgan fingerprint density at radius 3 is 2.27 bits per heavy atom. The molecule has 0 radical (unpaired) electrons. The molecule has 11 heavy (non-hydrogen) atoms. The van der Waals surface area contributed by atoms with E-state index in [-0.39, 0.29) is 0 Å². The van der Waals surface area contributed by atoms with E-state index in [4.69, 9.17) is 28.9 Å². The van der Waals surface area contributed by atoms with Crippen molar-refractivity contribution in [2.75, 3.05) is 0 Å². The first-order valence-electron chi connectivity index (χ1n) is 3.55. The third kappa shape index (κ3) is 1.98. The summed E-state index contributed by atoms with van der Waals surface area (Å²) < 4.78 is -1.44. The molecule has 1 fully saturated rings. The van der Waals surface area contributed by atoms with E-state index in [1.807, 2.05) is 0 Å². The third-order valence-corrected chi connectivity index (χ3v) is 2.23. The summed E-state index contributed by atoms with van der Waals surface area (Å²) in [6.45, 7) is 2.05. The van der Waals surface area contributed by atoms with Crippen LogP contribution in [-0.2, 0) is 9.78 Å². The van der Waals surface area contributed by atoms with Gasteiger partial charge in [0.1, 0.15) is 0 Å². The highest BCUT2D eigenvalue weighted by molar-refractivity contribution is 6.48. The maximum Gasteiger partial charge on any atom is 0.279 e. The Balaban J connectivity index is 2.41. The zero-order valence-electron chi connectivity index (χ0n) is 6.27. The Bertz CT molecular complexity index is 142. The Hall–Kier alpha value is 0.460. The van der Waals surface area contributed by atoms with Gasteiger partial charge in [-0.1, -0.05) is 36.5 Å². The van der Waals surface area contributed by atoms with Crippen LogP contribution in [-0.4, -0.2) is 10.2 Å². The zero-order chi connectivity index (χ0) is 8.54. The van der Waals surface area contributed by atoms with E-state index in [2.05, 4.69) is 16.7 Å². The van der Waals surface area contributed by atoms with Gasteiger partial charge < -0.3 is 0 Å². The lowest BCUT2D eigenvalue weighted by Gasteiger charge is -2.16. The highest BCUT2D eigenvalue weighted by Crippen LogP contribution is 2.47. The van der Waals surface area contributed by atoms with Gasteiger partial charge in [0, 0.05) is 6.42 Å². The maximum absolute atomic E-state index is 5.62. The minimum Gasteiger partial charge on any atom is -0.295 e. The fourth-order valence-electron chi connectivity index (χ4n) is 0.821. The van der Waals surface area contributed by atoms with Gasteiger partial charge in [0.05, 0.1) is 0 Å². The van der Waals surface area contributed by atoms with Crippen LogP contribution in [0.2, 0.25) is 0 Å². The van der Waals surface area contributed by atoms with Crippen molar-refractivity contribution in [2.24, 2.45) is 5.73 Å².